The highest BCUT2D eigenvalue weighted by Crippen LogP contribution is 2.29. The predicted octanol–water partition coefficient (Wildman–Crippen LogP) is 3.11. The molecule has 2 aromatic heterocycles. The number of hydrogen-bond acceptors (Lipinski definition) is 6. The van der Waals surface area contributed by atoms with Crippen molar-refractivity contribution in [2.75, 3.05) is 17.7 Å². The third kappa shape index (κ3) is 3.32. The minimum absolute atomic E-state index is 0.0885. The zero-order valence-corrected chi connectivity index (χ0v) is 13.2. The SMILES string of the molecule is COc1ccc2nc(NC(=O)c3ccc(NC(C)=O)o3)sc2c1. The zero-order valence-electron chi connectivity index (χ0n) is 12.4. The van der Waals surface area contributed by atoms with Crippen molar-refractivity contribution < 1.29 is 18.7 Å². The normalized spacial score (nSPS) is 10.5. The molecule has 0 fully saturated rings. The van der Waals surface area contributed by atoms with E-state index >= 15 is 0 Å². The number of nitrogens with one attached hydrogen (secondary N) is 2. The van der Waals surface area contributed by atoms with Crippen LogP contribution in [0.25, 0.3) is 10.2 Å². The number of anilines is 2. The monoisotopic (exact) mass is 331 g/mol. The van der Waals surface area contributed by atoms with E-state index in [1.807, 2.05) is 12.1 Å². The fraction of sp³-hybridized carbons (Fsp3) is 0.133. The van der Waals surface area contributed by atoms with Crippen molar-refractivity contribution in [2.45, 2.75) is 6.92 Å². The first-order valence-electron chi connectivity index (χ1n) is 6.68. The third-order valence-corrected chi connectivity index (χ3v) is 3.88. The highest BCUT2D eigenvalue weighted by atomic mass is 32.1. The molecular formula is C15H13N3O4S. The van der Waals surface area contributed by atoms with Crippen LogP contribution < -0.4 is 15.4 Å². The number of furan rings is 1. The molecular weight excluding hydrogens is 318 g/mol. The molecule has 2 N–H and O–H groups in total. The summed E-state index contributed by atoms with van der Waals surface area (Å²) >= 11 is 1.33. The second-order valence-corrected chi connectivity index (χ2v) is 5.68. The van der Waals surface area contributed by atoms with E-state index in [0.29, 0.717) is 5.13 Å². The van der Waals surface area contributed by atoms with Gasteiger partial charge in [0, 0.05) is 13.0 Å². The van der Waals surface area contributed by atoms with E-state index in [0.717, 1.165) is 16.0 Å². The molecule has 0 unspecified atom stereocenters. The zero-order chi connectivity index (χ0) is 16.4. The maximum Gasteiger partial charge on any atom is 0.293 e. The molecule has 2 amide bonds. The van der Waals surface area contributed by atoms with E-state index in [2.05, 4.69) is 15.6 Å². The smallest absolute Gasteiger partial charge is 0.293 e. The van der Waals surface area contributed by atoms with E-state index in [9.17, 15) is 9.59 Å². The van der Waals surface area contributed by atoms with Crippen molar-refractivity contribution in [2.24, 2.45) is 0 Å². The quantitative estimate of drug-likeness (QED) is 0.766. The van der Waals surface area contributed by atoms with Gasteiger partial charge in [0.15, 0.2) is 16.8 Å². The number of benzene rings is 1. The minimum atomic E-state index is -0.437. The average molecular weight is 331 g/mol. The minimum Gasteiger partial charge on any atom is -0.497 e. The Hall–Kier alpha value is -2.87. The van der Waals surface area contributed by atoms with Crippen LogP contribution in [-0.2, 0) is 4.79 Å². The van der Waals surface area contributed by atoms with Crippen molar-refractivity contribution in [3.05, 3.63) is 36.1 Å². The fourth-order valence-corrected chi connectivity index (χ4v) is 2.83. The standard InChI is InChI=1S/C15H13N3O4S/c1-8(19)16-13-6-5-11(22-13)14(20)18-15-17-10-4-3-9(21-2)7-12(10)23-15/h3-7H,1-2H3,(H,16,19)(H,17,18,20). The van der Waals surface area contributed by atoms with Crippen molar-refractivity contribution in [1.82, 2.24) is 4.98 Å². The molecule has 118 valence electrons. The van der Waals surface area contributed by atoms with E-state index in [1.54, 1.807) is 13.2 Å². The van der Waals surface area contributed by atoms with Gasteiger partial charge in [-0.05, 0) is 24.3 Å². The molecule has 0 spiro atoms. The lowest BCUT2D eigenvalue weighted by molar-refractivity contribution is -0.114. The summed E-state index contributed by atoms with van der Waals surface area (Å²) in [6.07, 6.45) is 0. The number of rotatable bonds is 4. The summed E-state index contributed by atoms with van der Waals surface area (Å²) in [7, 11) is 1.59. The lowest BCUT2D eigenvalue weighted by Gasteiger charge is -1.98. The molecule has 23 heavy (non-hydrogen) atoms. The first kappa shape index (κ1) is 15.0. The molecule has 0 radical (unpaired) electrons. The Kier molecular flexibility index (Phi) is 3.98. The molecule has 0 saturated carbocycles. The number of aromatic nitrogens is 1. The molecule has 1 aromatic carbocycles. The number of amides is 2. The van der Waals surface area contributed by atoms with Gasteiger partial charge in [-0.15, -0.1) is 0 Å². The summed E-state index contributed by atoms with van der Waals surface area (Å²) in [5.41, 5.74) is 0.768. The number of ether oxygens (including phenoxy) is 1. The molecule has 0 atom stereocenters. The van der Waals surface area contributed by atoms with Gasteiger partial charge < -0.3 is 9.15 Å². The molecule has 0 saturated heterocycles. The van der Waals surface area contributed by atoms with E-state index in [-0.39, 0.29) is 17.6 Å². The summed E-state index contributed by atoms with van der Waals surface area (Å²) in [6, 6.07) is 8.48. The van der Waals surface area contributed by atoms with E-state index in [1.165, 1.54) is 30.4 Å². The fourth-order valence-electron chi connectivity index (χ4n) is 1.94. The van der Waals surface area contributed by atoms with E-state index in [4.69, 9.17) is 9.15 Å². The maximum absolute atomic E-state index is 12.1. The van der Waals surface area contributed by atoms with Crippen molar-refractivity contribution >= 4 is 44.4 Å². The van der Waals surface area contributed by atoms with Crippen LogP contribution >= 0.6 is 11.3 Å². The average Bonchev–Trinajstić information content (AvgIpc) is 3.11. The van der Waals surface area contributed by atoms with Gasteiger partial charge in [-0.1, -0.05) is 11.3 Å². The highest BCUT2D eigenvalue weighted by molar-refractivity contribution is 7.22. The number of methoxy groups -OCH3 is 1. The van der Waals surface area contributed by atoms with Crippen LogP contribution in [0, 0.1) is 0 Å². The van der Waals surface area contributed by atoms with Crippen molar-refractivity contribution in [3.63, 3.8) is 0 Å². The number of carbonyl (C=O) groups excluding carboxylic acids is 2. The van der Waals surface area contributed by atoms with Crippen LogP contribution in [0.1, 0.15) is 17.5 Å². The van der Waals surface area contributed by atoms with Crippen LogP contribution in [0.2, 0.25) is 0 Å². The maximum atomic E-state index is 12.1. The predicted molar refractivity (Wildman–Crippen MR) is 87.1 cm³/mol. The van der Waals surface area contributed by atoms with Crippen LogP contribution in [0.3, 0.4) is 0 Å². The first-order chi connectivity index (χ1) is 11.0. The Morgan fingerprint density at radius 2 is 2.04 bits per heavy atom. The molecule has 3 aromatic rings. The lowest BCUT2D eigenvalue weighted by Crippen LogP contribution is -2.10. The third-order valence-electron chi connectivity index (χ3n) is 2.95. The summed E-state index contributed by atoms with van der Waals surface area (Å²) in [6.45, 7) is 1.36. The summed E-state index contributed by atoms with van der Waals surface area (Å²) < 4.78 is 11.3. The van der Waals surface area contributed by atoms with Crippen LogP contribution in [0.4, 0.5) is 11.0 Å². The van der Waals surface area contributed by atoms with Gasteiger partial charge in [0.2, 0.25) is 5.91 Å². The topological polar surface area (TPSA) is 93.5 Å². The van der Waals surface area contributed by atoms with Crippen LogP contribution in [0.15, 0.2) is 34.7 Å². The number of hydrogen-bond donors (Lipinski definition) is 2. The second kappa shape index (κ2) is 6.09. The molecule has 7 nitrogen and oxygen atoms in total. The Labute approximate surface area is 135 Å². The Bertz CT molecular complexity index is 884. The number of thiazole rings is 1. The molecule has 8 heteroatoms. The molecule has 0 aliphatic rings. The van der Waals surface area contributed by atoms with Gasteiger partial charge in [-0.25, -0.2) is 4.98 Å². The van der Waals surface area contributed by atoms with Gasteiger partial charge in [0.25, 0.3) is 5.91 Å². The summed E-state index contributed by atoms with van der Waals surface area (Å²) in [4.78, 5) is 27.4. The Balaban J connectivity index is 1.77. The largest absolute Gasteiger partial charge is 0.497 e. The Morgan fingerprint density at radius 1 is 1.22 bits per heavy atom. The number of carbonyl (C=O) groups is 2. The summed E-state index contributed by atoms with van der Waals surface area (Å²) in [5, 5.41) is 5.59. The second-order valence-electron chi connectivity index (χ2n) is 4.65. The lowest BCUT2D eigenvalue weighted by atomic mass is 10.3. The van der Waals surface area contributed by atoms with E-state index < -0.39 is 5.91 Å². The number of nitrogens with zero attached hydrogens (tertiary/aromatic N) is 1. The molecule has 0 bridgehead atoms. The van der Waals surface area contributed by atoms with Gasteiger partial charge in [0.1, 0.15) is 5.75 Å². The van der Waals surface area contributed by atoms with Gasteiger partial charge in [0.05, 0.1) is 17.3 Å². The molecule has 2 heterocycles. The summed E-state index contributed by atoms with van der Waals surface area (Å²) in [5.74, 6) is 0.325. The molecule has 0 aliphatic carbocycles. The van der Waals surface area contributed by atoms with Crippen molar-refractivity contribution in [1.29, 1.82) is 0 Å². The van der Waals surface area contributed by atoms with Crippen LogP contribution in [0.5, 0.6) is 5.75 Å². The van der Waals surface area contributed by atoms with Gasteiger partial charge >= 0.3 is 0 Å². The van der Waals surface area contributed by atoms with Gasteiger partial charge in [-0.2, -0.15) is 0 Å². The molecule has 3 rings (SSSR count). The highest BCUT2D eigenvalue weighted by Gasteiger charge is 2.14. The van der Waals surface area contributed by atoms with Crippen LogP contribution in [-0.4, -0.2) is 23.9 Å². The van der Waals surface area contributed by atoms with Gasteiger partial charge in [-0.3, -0.25) is 20.2 Å². The Morgan fingerprint density at radius 3 is 2.78 bits per heavy atom. The van der Waals surface area contributed by atoms with Crippen molar-refractivity contribution in [3.8, 4) is 5.75 Å². The number of fused-ring (bicyclic) bond motifs is 1. The first-order valence-corrected chi connectivity index (χ1v) is 7.50. The molecule has 0 aliphatic heterocycles.